The average Bonchev–Trinajstić information content (AvgIpc) is 2.16. The number of nitrogens with one attached hydrogen (secondary N) is 2. The zero-order chi connectivity index (χ0) is 13.3. The van der Waals surface area contributed by atoms with Gasteiger partial charge in [-0.05, 0) is 25.7 Å². The van der Waals surface area contributed by atoms with E-state index in [-0.39, 0.29) is 30.0 Å². The summed E-state index contributed by atoms with van der Waals surface area (Å²) in [6.07, 6.45) is 1.09. The number of ether oxygens (including phenoxy) is 1. The van der Waals surface area contributed by atoms with Gasteiger partial charge >= 0.3 is 0 Å². The molecule has 0 aromatic rings. The highest BCUT2D eigenvalue weighted by Gasteiger charge is 2.09. The van der Waals surface area contributed by atoms with Crippen molar-refractivity contribution in [1.29, 1.82) is 0 Å². The highest BCUT2D eigenvalue weighted by molar-refractivity contribution is 14.0. The Bertz CT molecular complexity index is 227. The number of guanidine groups is 1. The first-order valence-corrected chi connectivity index (χ1v) is 6.43. The molecule has 1 atom stereocenters. The van der Waals surface area contributed by atoms with Crippen LogP contribution in [-0.4, -0.2) is 38.8 Å². The maximum Gasteiger partial charge on any atom is 0.191 e. The van der Waals surface area contributed by atoms with E-state index in [4.69, 9.17) is 4.74 Å². The minimum Gasteiger partial charge on any atom is -0.383 e. The van der Waals surface area contributed by atoms with Crippen LogP contribution in [0.25, 0.3) is 0 Å². The highest BCUT2D eigenvalue weighted by atomic mass is 127. The lowest BCUT2D eigenvalue weighted by molar-refractivity contribution is 0.179. The number of halogens is 1. The molecule has 0 saturated heterocycles. The molecule has 0 aliphatic heterocycles. The Morgan fingerprint density at radius 2 is 1.94 bits per heavy atom. The second-order valence-electron chi connectivity index (χ2n) is 5.57. The smallest absolute Gasteiger partial charge is 0.191 e. The average molecular weight is 371 g/mol. The van der Waals surface area contributed by atoms with Crippen LogP contribution in [0.15, 0.2) is 4.99 Å². The van der Waals surface area contributed by atoms with Gasteiger partial charge in [0.15, 0.2) is 5.96 Å². The zero-order valence-corrected chi connectivity index (χ0v) is 15.0. The molecule has 18 heavy (non-hydrogen) atoms. The molecule has 0 amide bonds. The van der Waals surface area contributed by atoms with Crippen molar-refractivity contribution in [3.05, 3.63) is 0 Å². The summed E-state index contributed by atoms with van der Waals surface area (Å²) in [6, 6.07) is 0.271. The third-order valence-electron chi connectivity index (χ3n) is 2.28. The largest absolute Gasteiger partial charge is 0.383 e. The van der Waals surface area contributed by atoms with Gasteiger partial charge in [-0.25, -0.2) is 0 Å². The van der Waals surface area contributed by atoms with Crippen molar-refractivity contribution in [3.8, 4) is 0 Å². The van der Waals surface area contributed by atoms with Gasteiger partial charge in [-0.1, -0.05) is 20.8 Å². The lowest BCUT2D eigenvalue weighted by atomic mass is 9.93. The number of nitrogens with zero attached hydrogens (tertiary/aromatic N) is 1. The van der Waals surface area contributed by atoms with E-state index in [0.717, 1.165) is 25.5 Å². The number of methoxy groups -OCH3 is 1. The predicted octanol–water partition coefficient (Wildman–Crippen LogP) is 2.63. The summed E-state index contributed by atoms with van der Waals surface area (Å²) in [4.78, 5) is 4.56. The summed E-state index contributed by atoms with van der Waals surface area (Å²) in [6.45, 7) is 13.3. The van der Waals surface area contributed by atoms with Crippen molar-refractivity contribution in [2.45, 2.75) is 47.1 Å². The SMILES string of the molecule is CCNC(=NCCC(C)(C)C)NC(C)COC.I. The fourth-order valence-corrected chi connectivity index (χ4v) is 1.35. The molecule has 0 bridgehead atoms. The molecule has 0 fully saturated rings. The van der Waals surface area contributed by atoms with Crippen LogP contribution in [0.5, 0.6) is 0 Å². The van der Waals surface area contributed by atoms with Gasteiger partial charge in [-0.15, -0.1) is 24.0 Å². The molecule has 2 N–H and O–H groups in total. The van der Waals surface area contributed by atoms with E-state index < -0.39 is 0 Å². The molecule has 0 rings (SSSR count). The lowest BCUT2D eigenvalue weighted by Gasteiger charge is -2.19. The van der Waals surface area contributed by atoms with E-state index in [0.29, 0.717) is 12.0 Å². The minimum absolute atomic E-state index is 0. The Labute approximate surface area is 129 Å². The molecule has 0 aliphatic carbocycles. The van der Waals surface area contributed by atoms with E-state index in [9.17, 15) is 0 Å². The molecule has 5 heteroatoms. The second kappa shape index (κ2) is 10.8. The minimum atomic E-state index is 0. The number of hydrogen-bond acceptors (Lipinski definition) is 2. The number of rotatable bonds is 6. The first kappa shape index (κ1) is 20.3. The maximum absolute atomic E-state index is 5.10. The van der Waals surface area contributed by atoms with Gasteiger partial charge in [-0.2, -0.15) is 0 Å². The standard InChI is InChI=1S/C13H29N3O.HI/c1-7-14-12(16-11(2)10-17-6)15-9-8-13(3,4)5;/h11H,7-10H2,1-6H3,(H2,14,15,16);1H. The van der Waals surface area contributed by atoms with Crippen molar-refractivity contribution in [3.63, 3.8) is 0 Å². The van der Waals surface area contributed by atoms with E-state index in [1.165, 1.54) is 0 Å². The van der Waals surface area contributed by atoms with Crippen LogP contribution in [0.2, 0.25) is 0 Å². The Balaban J connectivity index is 0. The molecule has 4 nitrogen and oxygen atoms in total. The molecular weight excluding hydrogens is 341 g/mol. The summed E-state index contributed by atoms with van der Waals surface area (Å²) >= 11 is 0. The van der Waals surface area contributed by atoms with Gasteiger partial charge in [0.1, 0.15) is 0 Å². The lowest BCUT2D eigenvalue weighted by Crippen LogP contribution is -2.44. The van der Waals surface area contributed by atoms with Gasteiger partial charge in [0.2, 0.25) is 0 Å². The van der Waals surface area contributed by atoms with Crippen molar-refractivity contribution < 1.29 is 4.74 Å². The quantitative estimate of drug-likeness (QED) is 0.429. The van der Waals surface area contributed by atoms with Crippen LogP contribution in [0, 0.1) is 5.41 Å². The molecule has 0 aliphatic rings. The highest BCUT2D eigenvalue weighted by Crippen LogP contribution is 2.17. The molecule has 0 aromatic heterocycles. The molecule has 0 aromatic carbocycles. The van der Waals surface area contributed by atoms with Crippen LogP contribution in [0.4, 0.5) is 0 Å². The molecule has 110 valence electrons. The van der Waals surface area contributed by atoms with Crippen LogP contribution in [0.3, 0.4) is 0 Å². The van der Waals surface area contributed by atoms with Gasteiger partial charge < -0.3 is 15.4 Å². The van der Waals surface area contributed by atoms with E-state index in [2.05, 4.69) is 50.2 Å². The van der Waals surface area contributed by atoms with E-state index >= 15 is 0 Å². The van der Waals surface area contributed by atoms with Crippen molar-refractivity contribution >= 4 is 29.9 Å². The van der Waals surface area contributed by atoms with Crippen molar-refractivity contribution in [2.75, 3.05) is 26.8 Å². The Hall–Kier alpha value is -0.0400. The van der Waals surface area contributed by atoms with Crippen molar-refractivity contribution in [2.24, 2.45) is 10.4 Å². The molecule has 0 heterocycles. The van der Waals surface area contributed by atoms with Gasteiger partial charge in [0, 0.05) is 26.2 Å². The fraction of sp³-hybridized carbons (Fsp3) is 0.923. The summed E-state index contributed by atoms with van der Waals surface area (Å²) in [5.74, 6) is 0.876. The predicted molar refractivity (Wildman–Crippen MR) is 89.9 cm³/mol. The zero-order valence-electron chi connectivity index (χ0n) is 12.7. The third kappa shape index (κ3) is 12.4. The van der Waals surface area contributed by atoms with Crippen LogP contribution < -0.4 is 10.6 Å². The monoisotopic (exact) mass is 371 g/mol. The summed E-state index contributed by atoms with van der Waals surface area (Å²) in [7, 11) is 1.71. The number of aliphatic imine (C=N–C) groups is 1. The third-order valence-corrected chi connectivity index (χ3v) is 2.28. The Kier molecular flexibility index (Phi) is 12.2. The number of hydrogen-bond donors (Lipinski definition) is 2. The summed E-state index contributed by atoms with van der Waals surface area (Å²) < 4.78 is 5.10. The van der Waals surface area contributed by atoms with E-state index in [1.807, 2.05) is 0 Å². The second-order valence-corrected chi connectivity index (χ2v) is 5.57. The van der Waals surface area contributed by atoms with Crippen molar-refractivity contribution in [1.82, 2.24) is 10.6 Å². The van der Waals surface area contributed by atoms with Crippen LogP contribution in [-0.2, 0) is 4.74 Å². The van der Waals surface area contributed by atoms with E-state index in [1.54, 1.807) is 7.11 Å². The first-order chi connectivity index (χ1) is 7.89. The first-order valence-electron chi connectivity index (χ1n) is 6.43. The molecule has 0 saturated carbocycles. The van der Waals surface area contributed by atoms with Gasteiger partial charge in [-0.3, -0.25) is 4.99 Å². The molecule has 0 radical (unpaired) electrons. The van der Waals surface area contributed by atoms with Crippen LogP contribution in [0.1, 0.15) is 41.0 Å². The molecule has 1 unspecified atom stereocenters. The summed E-state index contributed by atoms with van der Waals surface area (Å²) in [5, 5.41) is 6.56. The Morgan fingerprint density at radius 1 is 1.33 bits per heavy atom. The fourth-order valence-electron chi connectivity index (χ4n) is 1.35. The molecular formula is C13H30IN3O. The maximum atomic E-state index is 5.10. The normalized spacial score (nSPS) is 13.8. The van der Waals surface area contributed by atoms with Crippen LogP contribution >= 0.6 is 24.0 Å². The Morgan fingerprint density at radius 3 is 2.39 bits per heavy atom. The molecule has 0 spiro atoms. The summed E-state index contributed by atoms with van der Waals surface area (Å²) in [5.41, 5.74) is 0.332. The van der Waals surface area contributed by atoms with Gasteiger partial charge in [0.05, 0.1) is 6.61 Å². The topological polar surface area (TPSA) is 45.7 Å². The van der Waals surface area contributed by atoms with Gasteiger partial charge in [0.25, 0.3) is 0 Å².